The summed E-state index contributed by atoms with van der Waals surface area (Å²) >= 11 is 0. The number of hydrogen-bond acceptors (Lipinski definition) is 0. The molecule has 0 aromatic carbocycles. The fraction of sp³-hybridized carbons (Fsp3) is 1.00. The van der Waals surface area contributed by atoms with Gasteiger partial charge < -0.3 is 0 Å². The number of hydrogen-bond donors (Lipinski definition) is 0. The van der Waals surface area contributed by atoms with E-state index in [2.05, 4.69) is 26.6 Å². The second-order valence-corrected chi connectivity index (χ2v) is 17.1. The standard InChI is InChI=1S/C22H42B2Si/c1-17(23-18-9-5-10-19(23)12-6-11-18)22(25(2,3)4)24-20-13-7-14-21(24)16-8-15-20/h17-22H,5-16H2,1-4H3. The van der Waals surface area contributed by atoms with Crippen molar-refractivity contribution < 1.29 is 0 Å². The van der Waals surface area contributed by atoms with E-state index >= 15 is 0 Å². The smallest absolute Gasteiger partial charge is 0.0705 e. The van der Waals surface area contributed by atoms with Crippen LogP contribution in [0.1, 0.15) is 84.0 Å². The zero-order chi connectivity index (χ0) is 17.6. The first-order valence-corrected chi connectivity index (χ1v) is 15.5. The van der Waals surface area contributed by atoms with Crippen LogP contribution < -0.4 is 0 Å². The van der Waals surface area contributed by atoms with Crippen LogP contribution in [-0.2, 0) is 0 Å². The molecule has 4 aliphatic heterocycles. The quantitative estimate of drug-likeness (QED) is 0.450. The molecule has 0 N–H and O–H groups in total. The molecule has 140 valence electrons. The lowest BCUT2D eigenvalue weighted by Crippen LogP contribution is -2.52. The molecule has 4 heterocycles. The highest BCUT2D eigenvalue weighted by Gasteiger charge is 2.53. The maximum Gasteiger partial charge on any atom is 0.148 e. The topological polar surface area (TPSA) is 0 Å². The largest absolute Gasteiger partial charge is 0.148 e. The van der Waals surface area contributed by atoms with Crippen LogP contribution in [0.25, 0.3) is 0 Å². The lowest BCUT2D eigenvalue weighted by atomic mass is 9.16. The Bertz CT molecular complexity index is 415. The Hall–Kier alpha value is 0.347. The molecule has 0 aromatic rings. The van der Waals surface area contributed by atoms with Gasteiger partial charge in [-0.25, -0.2) is 0 Å². The zero-order valence-electron chi connectivity index (χ0n) is 17.6. The minimum atomic E-state index is -1.13. The summed E-state index contributed by atoms with van der Waals surface area (Å²) < 4.78 is 0. The van der Waals surface area contributed by atoms with Crippen molar-refractivity contribution in [3.8, 4) is 0 Å². The van der Waals surface area contributed by atoms with E-state index in [9.17, 15) is 0 Å². The number of rotatable bonds is 4. The van der Waals surface area contributed by atoms with Gasteiger partial charge in [-0.3, -0.25) is 0 Å². The van der Waals surface area contributed by atoms with Crippen LogP contribution in [0.2, 0.25) is 54.2 Å². The van der Waals surface area contributed by atoms with Gasteiger partial charge in [0.1, 0.15) is 13.4 Å². The molecule has 0 aromatic heterocycles. The highest BCUT2D eigenvalue weighted by Crippen LogP contribution is 2.59. The monoisotopic (exact) mass is 356 g/mol. The van der Waals surface area contributed by atoms with Gasteiger partial charge in [-0.2, -0.15) is 0 Å². The third-order valence-corrected chi connectivity index (χ3v) is 12.3. The van der Waals surface area contributed by atoms with Crippen molar-refractivity contribution >= 4 is 21.5 Å². The summed E-state index contributed by atoms with van der Waals surface area (Å²) in [6.45, 7) is 13.2. The first-order chi connectivity index (χ1) is 12.0. The van der Waals surface area contributed by atoms with Crippen molar-refractivity contribution in [2.45, 2.75) is 138 Å². The van der Waals surface area contributed by atoms with E-state index in [0.717, 1.165) is 48.0 Å². The maximum atomic E-state index is 2.76. The fourth-order valence-electron chi connectivity index (χ4n) is 8.86. The molecule has 0 saturated carbocycles. The maximum absolute atomic E-state index is 2.76. The second-order valence-electron chi connectivity index (χ2n) is 11.7. The molecule has 0 radical (unpaired) electrons. The zero-order valence-corrected chi connectivity index (χ0v) is 18.6. The average molecular weight is 356 g/mol. The Morgan fingerprint density at radius 3 is 1.24 bits per heavy atom. The normalized spacial score (nSPS) is 38.4. The minimum absolute atomic E-state index is 1.02. The van der Waals surface area contributed by atoms with E-state index in [1.807, 2.05) is 0 Å². The van der Waals surface area contributed by atoms with Crippen molar-refractivity contribution in [2.24, 2.45) is 0 Å². The molecule has 4 bridgehead atoms. The molecule has 4 aliphatic rings. The van der Waals surface area contributed by atoms with Gasteiger partial charge in [0.15, 0.2) is 0 Å². The summed E-state index contributed by atoms with van der Waals surface area (Å²) in [6.07, 6.45) is 18.8. The molecule has 0 nitrogen and oxygen atoms in total. The molecule has 0 spiro atoms. The first-order valence-electron chi connectivity index (χ1n) is 12.0. The SMILES string of the molecule is CC(B1C2CCCC1CCC2)C(B1C2CCCC1CCC2)[Si](C)(C)C. The summed E-state index contributed by atoms with van der Waals surface area (Å²) in [5.41, 5.74) is 1.11. The van der Waals surface area contributed by atoms with E-state index in [-0.39, 0.29) is 0 Å². The van der Waals surface area contributed by atoms with Crippen molar-refractivity contribution in [3.05, 3.63) is 0 Å². The Balaban J connectivity index is 1.63. The third kappa shape index (κ3) is 3.57. The molecule has 3 heteroatoms. The van der Waals surface area contributed by atoms with Gasteiger partial charge in [0.25, 0.3) is 0 Å². The van der Waals surface area contributed by atoms with Gasteiger partial charge in [0, 0.05) is 8.07 Å². The predicted molar refractivity (Wildman–Crippen MR) is 118 cm³/mol. The molecule has 4 saturated heterocycles. The highest BCUT2D eigenvalue weighted by molar-refractivity contribution is 6.92. The minimum Gasteiger partial charge on any atom is -0.0705 e. The molecular formula is C22H42B2Si. The first kappa shape index (κ1) is 18.7. The van der Waals surface area contributed by atoms with Crippen molar-refractivity contribution in [1.82, 2.24) is 0 Å². The lowest BCUT2D eigenvalue weighted by Gasteiger charge is -2.54. The molecule has 2 unspecified atom stereocenters. The summed E-state index contributed by atoms with van der Waals surface area (Å²) in [5.74, 6) is 5.44. The van der Waals surface area contributed by atoms with E-state index in [4.69, 9.17) is 0 Å². The number of fused-ring (bicyclic) bond motifs is 4. The highest BCUT2D eigenvalue weighted by atomic mass is 28.3. The van der Waals surface area contributed by atoms with Gasteiger partial charge in [0.05, 0.1) is 0 Å². The van der Waals surface area contributed by atoms with E-state index in [0.29, 0.717) is 0 Å². The Morgan fingerprint density at radius 2 is 0.920 bits per heavy atom. The van der Waals surface area contributed by atoms with Gasteiger partial charge in [-0.05, 0) is 0 Å². The molecule has 4 rings (SSSR count). The average Bonchev–Trinajstić information content (AvgIpc) is 2.52. The Morgan fingerprint density at radius 1 is 0.600 bits per heavy atom. The predicted octanol–water partition coefficient (Wildman–Crippen LogP) is 7.83. The molecule has 2 atom stereocenters. The lowest BCUT2D eigenvalue weighted by molar-refractivity contribution is 0.426. The summed E-state index contributed by atoms with van der Waals surface area (Å²) in [6, 6.07) is 0. The molecule has 0 amide bonds. The molecule has 25 heavy (non-hydrogen) atoms. The van der Waals surface area contributed by atoms with Crippen LogP contribution in [0.3, 0.4) is 0 Å². The third-order valence-electron chi connectivity index (χ3n) is 9.36. The Labute approximate surface area is 159 Å². The molecule has 0 aliphatic carbocycles. The second kappa shape index (κ2) is 7.40. The summed E-state index contributed by atoms with van der Waals surface area (Å²) in [7, 11) is -1.13. The summed E-state index contributed by atoms with van der Waals surface area (Å²) in [4.78, 5) is 0. The van der Waals surface area contributed by atoms with Crippen molar-refractivity contribution in [3.63, 3.8) is 0 Å². The van der Waals surface area contributed by atoms with Crippen LogP contribution >= 0.6 is 0 Å². The van der Waals surface area contributed by atoms with Crippen LogP contribution in [-0.4, -0.2) is 21.5 Å². The van der Waals surface area contributed by atoms with E-state index in [1.165, 1.54) is 0 Å². The van der Waals surface area contributed by atoms with Crippen LogP contribution in [0, 0.1) is 0 Å². The van der Waals surface area contributed by atoms with E-state index < -0.39 is 8.07 Å². The van der Waals surface area contributed by atoms with Gasteiger partial charge in [0.2, 0.25) is 0 Å². The van der Waals surface area contributed by atoms with Crippen LogP contribution in [0.5, 0.6) is 0 Å². The molecule has 4 fully saturated rings. The van der Waals surface area contributed by atoms with Crippen LogP contribution in [0.15, 0.2) is 0 Å². The van der Waals surface area contributed by atoms with Crippen LogP contribution in [0.4, 0.5) is 0 Å². The Kier molecular flexibility index (Phi) is 5.53. The van der Waals surface area contributed by atoms with Gasteiger partial charge in [-0.15, -0.1) is 0 Å². The van der Waals surface area contributed by atoms with Crippen molar-refractivity contribution in [2.75, 3.05) is 0 Å². The van der Waals surface area contributed by atoms with Gasteiger partial charge in [-0.1, -0.05) is 138 Å². The van der Waals surface area contributed by atoms with E-state index in [1.54, 1.807) is 77.0 Å². The fourth-order valence-corrected chi connectivity index (χ4v) is 12.4. The van der Waals surface area contributed by atoms with Crippen molar-refractivity contribution in [1.29, 1.82) is 0 Å². The molecular weight excluding hydrogens is 314 g/mol. The van der Waals surface area contributed by atoms with Gasteiger partial charge >= 0.3 is 0 Å². The summed E-state index contributed by atoms with van der Waals surface area (Å²) in [5, 5.41) is 0.